The summed E-state index contributed by atoms with van der Waals surface area (Å²) in [5.74, 6) is 2.30. The highest BCUT2D eigenvalue weighted by molar-refractivity contribution is 5.20. The van der Waals surface area contributed by atoms with E-state index in [9.17, 15) is 0 Å². The maximum atomic E-state index is 5.19. The summed E-state index contributed by atoms with van der Waals surface area (Å²) in [6, 6.07) is 44.7. The van der Waals surface area contributed by atoms with Crippen molar-refractivity contribution in [3.8, 4) is 0 Å². The van der Waals surface area contributed by atoms with Crippen LogP contribution in [0.4, 0.5) is 0 Å². The predicted octanol–water partition coefficient (Wildman–Crippen LogP) is 18.9. The SMILES string of the molecule is CCCCC(CCC)c1ccccc1.CCCCCC(CC)c1ccccc1.CCCCCCC(C)c1ccccc1.[CH+]=CCCCCCC.c1ccccc1. The van der Waals surface area contributed by atoms with Crippen LogP contribution in [0.15, 0.2) is 133 Å². The van der Waals surface area contributed by atoms with Crippen molar-refractivity contribution >= 4 is 0 Å². The van der Waals surface area contributed by atoms with Crippen molar-refractivity contribution < 1.29 is 0 Å². The van der Waals surface area contributed by atoms with Crippen LogP contribution in [0.3, 0.4) is 0 Å². The zero-order chi connectivity index (χ0) is 41.2. The number of hydrogen-bond donors (Lipinski definition) is 0. The van der Waals surface area contributed by atoms with Crippen LogP contribution < -0.4 is 0 Å². The maximum Gasteiger partial charge on any atom is 0.201 e. The van der Waals surface area contributed by atoms with Crippen molar-refractivity contribution in [1.29, 1.82) is 0 Å². The van der Waals surface area contributed by atoms with E-state index >= 15 is 0 Å². The van der Waals surface area contributed by atoms with Crippen LogP contribution in [0.25, 0.3) is 0 Å². The largest absolute Gasteiger partial charge is 0.201 e. The normalized spacial score (nSPS) is 11.7. The van der Waals surface area contributed by atoms with Gasteiger partial charge in [0.1, 0.15) is 0 Å². The molecule has 0 saturated carbocycles. The third kappa shape index (κ3) is 30.7. The highest BCUT2D eigenvalue weighted by Crippen LogP contribution is 2.27. The molecule has 56 heavy (non-hydrogen) atoms. The van der Waals surface area contributed by atoms with E-state index in [1.165, 1.54) is 139 Å². The lowest BCUT2D eigenvalue weighted by Gasteiger charge is -2.15. The van der Waals surface area contributed by atoms with E-state index in [-0.39, 0.29) is 0 Å². The molecule has 3 atom stereocenters. The number of benzene rings is 4. The summed E-state index contributed by atoms with van der Waals surface area (Å²) in [6.07, 6.45) is 28.3. The summed E-state index contributed by atoms with van der Waals surface area (Å²) in [4.78, 5) is 0. The molecule has 4 rings (SSSR count). The van der Waals surface area contributed by atoms with Gasteiger partial charge in [-0.15, -0.1) is 0 Å². The van der Waals surface area contributed by atoms with Crippen LogP contribution in [0.5, 0.6) is 0 Å². The van der Waals surface area contributed by atoms with Crippen LogP contribution in [-0.4, -0.2) is 0 Å². The van der Waals surface area contributed by atoms with E-state index in [1.807, 2.05) is 36.4 Å². The lowest BCUT2D eigenvalue weighted by Crippen LogP contribution is -1.98. The Balaban J connectivity index is 0.000000696. The second-order valence-corrected chi connectivity index (χ2v) is 15.5. The molecule has 4 aromatic carbocycles. The van der Waals surface area contributed by atoms with Gasteiger partial charge in [0.15, 0.2) is 6.08 Å². The first-order valence-electron chi connectivity index (χ1n) is 23.2. The van der Waals surface area contributed by atoms with E-state index in [1.54, 1.807) is 6.08 Å². The molecule has 0 heteroatoms. The first-order chi connectivity index (χ1) is 27.5. The summed E-state index contributed by atoms with van der Waals surface area (Å²) in [6.45, 7) is 21.1. The van der Waals surface area contributed by atoms with E-state index in [4.69, 9.17) is 6.58 Å². The summed E-state index contributed by atoms with van der Waals surface area (Å²) >= 11 is 0. The molecule has 3 unspecified atom stereocenters. The lowest BCUT2D eigenvalue weighted by molar-refractivity contribution is 0.541. The van der Waals surface area contributed by atoms with Gasteiger partial charge in [0.05, 0.1) is 0 Å². The van der Waals surface area contributed by atoms with Crippen molar-refractivity contribution in [3.05, 3.63) is 157 Å². The van der Waals surface area contributed by atoms with Crippen molar-refractivity contribution in [2.24, 2.45) is 0 Å². The Hall–Kier alpha value is -3.47. The van der Waals surface area contributed by atoms with Gasteiger partial charge < -0.3 is 0 Å². The van der Waals surface area contributed by atoms with Gasteiger partial charge in [-0.25, -0.2) is 0 Å². The number of rotatable bonds is 23. The third-order valence-corrected chi connectivity index (χ3v) is 10.5. The monoisotopic (exact) mass is 760 g/mol. The average molecular weight is 760 g/mol. The predicted molar refractivity (Wildman–Crippen MR) is 255 cm³/mol. The first kappa shape index (κ1) is 52.5. The fourth-order valence-corrected chi connectivity index (χ4v) is 6.87. The molecule has 0 aromatic heterocycles. The molecular formula is C56H87+. The Morgan fingerprint density at radius 1 is 0.375 bits per heavy atom. The van der Waals surface area contributed by atoms with Crippen LogP contribution in [0.1, 0.15) is 211 Å². The molecule has 0 bridgehead atoms. The Labute approximate surface area is 350 Å². The standard InChI is InChI=1S/3C14H22.C8H15.C6H6/c1-3-4-5-7-10-13(2)14-11-8-6-9-12-14;1-3-5-10-13(9-4-2)14-11-7-6-8-12-14;1-3-5-7-10-13(4-2)14-11-8-6-9-12-14;1-3-5-7-8-6-4-2;1-2-4-6-5-3-1/h6,8-9,11-13H,3-5,7,10H2,1-2H3;6-8,11-13H,3-5,9-10H2,1-2H3;6,8-9,11-13H,3-5,7,10H2,1-2H3;1,3H,4-8H2,2H3;1-6H/q;;;+1;. The lowest BCUT2D eigenvalue weighted by atomic mass is 9.90. The molecule has 0 amide bonds. The molecule has 0 aliphatic carbocycles. The van der Waals surface area contributed by atoms with Crippen LogP contribution >= 0.6 is 0 Å². The van der Waals surface area contributed by atoms with E-state index in [2.05, 4.69) is 139 Å². The second-order valence-electron chi connectivity index (χ2n) is 15.5. The van der Waals surface area contributed by atoms with Crippen molar-refractivity contribution in [1.82, 2.24) is 0 Å². The van der Waals surface area contributed by atoms with E-state index < -0.39 is 0 Å². The van der Waals surface area contributed by atoms with Gasteiger partial charge in [-0.05, 0) is 73.0 Å². The fourth-order valence-electron chi connectivity index (χ4n) is 6.87. The van der Waals surface area contributed by atoms with Gasteiger partial charge in [-0.3, -0.25) is 0 Å². The summed E-state index contributed by atoms with van der Waals surface area (Å²) in [5, 5.41) is 0. The van der Waals surface area contributed by atoms with E-state index in [0.29, 0.717) is 0 Å². The minimum atomic E-state index is 0.730. The van der Waals surface area contributed by atoms with Crippen molar-refractivity contribution in [3.63, 3.8) is 0 Å². The number of hydrogen-bond acceptors (Lipinski definition) is 0. The summed E-state index contributed by atoms with van der Waals surface area (Å²) in [7, 11) is 0. The van der Waals surface area contributed by atoms with Gasteiger partial charge in [0.2, 0.25) is 6.58 Å². The van der Waals surface area contributed by atoms with Crippen molar-refractivity contribution in [2.45, 2.75) is 195 Å². The zero-order valence-electron chi connectivity index (χ0n) is 37.7. The fraction of sp³-hybridized carbons (Fsp3) is 0.536. The highest BCUT2D eigenvalue weighted by atomic mass is 14.1. The number of unbranched alkanes of at least 4 members (excludes halogenated alkanes) is 10. The molecule has 310 valence electrons. The van der Waals surface area contributed by atoms with Crippen LogP contribution in [0, 0.1) is 6.58 Å². The first-order valence-corrected chi connectivity index (χ1v) is 23.2. The molecular weight excluding hydrogens is 673 g/mol. The summed E-state index contributed by atoms with van der Waals surface area (Å²) < 4.78 is 0. The minimum absolute atomic E-state index is 0.730. The third-order valence-electron chi connectivity index (χ3n) is 10.5. The Morgan fingerprint density at radius 2 is 0.750 bits per heavy atom. The van der Waals surface area contributed by atoms with Gasteiger partial charge >= 0.3 is 0 Å². The molecule has 0 spiro atoms. The Kier molecular flexibility index (Phi) is 38.6. The van der Waals surface area contributed by atoms with Crippen molar-refractivity contribution in [2.75, 3.05) is 0 Å². The quantitative estimate of drug-likeness (QED) is 0.0522. The zero-order valence-corrected chi connectivity index (χ0v) is 37.7. The highest BCUT2D eigenvalue weighted by Gasteiger charge is 2.09. The van der Waals surface area contributed by atoms with Gasteiger partial charge in [-0.1, -0.05) is 259 Å². The molecule has 0 heterocycles. The Bertz CT molecular complexity index is 1250. The molecule has 0 radical (unpaired) electrons. The Morgan fingerprint density at radius 3 is 1.18 bits per heavy atom. The van der Waals surface area contributed by atoms with Gasteiger partial charge in [0.25, 0.3) is 0 Å². The molecule has 4 aromatic rings. The molecule has 0 fully saturated rings. The molecule has 0 N–H and O–H groups in total. The maximum absolute atomic E-state index is 5.19. The summed E-state index contributed by atoms with van der Waals surface area (Å²) in [5.41, 5.74) is 4.54. The van der Waals surface area contributed by atoms with E-state index in [0.717, 1.165) is 24.2 Å². The van der Waals surface area contributed by atoms with Gasteiger partial charge in [0, 0.05) is 6.42 Å². The molecule has 0 nitrogen and oxygen atoms in total. The van der Waals surface area contributed by atoms with Crippen LogP contribution in [-0.2, 0) is 0 Å². The molecule has 0 aliphatic heterocycles. The topological polar surface area (TPSA) is 0 Å². The molecule has 0 aliphatic rings. The van der Waals surface area contributed by atoms with Crippen LogP contribution in [0.2, 0.25) is 0 Å². The second kappa shape index (κ2) is 41.2. The molecule has 0 saturated heterocycles. The average Bonchev–Trinajstić information content (AvgIpc) is 3.26. The number of allylic oxidation sites excluding steroid dienone is 1. The minimum Gasteiger partial charge on any atom is -0.0654 e. The van der Waals surface area contributed by atoms with Gasteiger partial charge in [-0.2, -0.15) is 0 Å². The smallest absolute Gasteiger partial charge is 0.0654 e.